The van der Waals surface area contributed by atoms with Gasteiger partial charge in [-0.25, -0.2) is 13.6 Å². The molecule has 0 aromatic heterocycles. The third-order valence-corrected chi connectivity index (χ3v) is 3.27. The molecule has 0 spiro atoms. The quantitative estimate of drug-likeness (QED) is 0.840. The average molecular weight is 343 g/mol. The highest BCUT2D eigenvalue weighted by Gasteiger charge is 2.41. The molecule has 1 N–H and O–H groups in total. The predicted molar refractivity (Wildman–Crippen MR) is 80.3 cm³/mol. The standard InChI is InChI=1S/C16H19F2NO5/c1-16(2,3)24-15(22)12(20)13-14(21)19(6-7-23-13)9-4-5-10(17)11(18)8-9/h4-5,8,12-13,20H,6-7H2,1-3H3. The number of carbonyl (C=O) groups is 2. The first-order chi connectivity index (χ1) is 11.1. The van der Waals surface area contributed by atoms with E-state index in [4.69, 9.17) is 9.47 Å². The number of aliphatic hydroxyl groups excluding tert-OH is 1. The topological polar surface area (TPSA) is 76.1 Å². The lowest BCUT2D eigenvalue weighted by molar-refractivity contribution is -0.177. The molecule has 0 radical (unpaired) electrons. The van der Waals surface area contributed by atoms with Gasteiger partial charge in [-0.1, -0.05) is 0 Å². The molecule has 0 aliphatic carbocycles. The van der Waals surface area contributed by atoms with Gasteiger partial charge in [0.05, 0.1) is 6.61 Å². The van der Waals surface area contributed by atoms with Gasteiger partial charge in [0.25, 0.3) is 5.91 Å². The van der Waals surface area contributed by atoms with Crippen LogP contribution in [0.15, 0.2) is 18.2 Å². The Morgan fingerprint density at radius 1 is 1.38 bits per heavy atom. The summed E-state index contributed by atoms with van der Waals surface area (Å²) in [6, 6.07) is 3.00. The first-order valence-corrected chi connectivity index (χ1v) is 7.39. The third kappa shape index (κ3) is 4.07. The number of ether oxygens (including phenoxy) is 2. The van der Waals surface area contributed by atoms with Crippen molar-refractivity contribution >= 4 is 17.6 Å². The number of halogens is 2. The summed E-state index contributed by atoms with van der Waals surface area (Å²) in [5.74, 6) is -3.86. The van der Waals surface area contributed by atoms with Gasteiger partial charge < -0.3 is 19.5 Å². The van der Waals surface area contributed by atoms with Crippen molar-refractivity contribution in [2.45, 2.75) is 38.6 Å². The molecule has 2 atom stereocenters. The van der Waals surface area contributed by atoms with Gasteiger partial charge in [0.1, 0.15) is 5.60 Å². The zero-order valence-corrected chi connectivity index (χ0v) is 13.6. The van der Waals surface area contributed by atoms with Gasteiger partial charge in [-0.2, -0.15) is 0 Å². The maximum atomic E-state index is 13.4. The van der Waals surface area contributed by atoms with Crippen LogP contribution in [-0.2, 0) is 19.1 Å². The number of carbonyl (C=O) groups excluding carboxylic acids is 2. The van der Waals surface area contributed by atoms with Gasteiger partial charge in [-0.15, -0.1) is 0 Å². The molecule has 24 heavy (non-hydrogen) atoms. The van der Waals surface area contributed by atoms with E-state index in [1.165, 1.54) is 6.07 Å². The molecule has 0 bridgehead atoms. The number of benzene rings is 1. The molecule has 2 rings (SSSR count). The molecule has 1 aliphatic rings. The number of hydrogen-bond donors (Lipinski definition) is 1. The van der Waals surface area contributed by atoms with Crippen molar-refractivity contribution in [2.24, 2.45) is 0 Å². The molecule has 2 unspecified atom stereocenters. The van der Waals surface area contributed by atoms with Crippen LogP contribution in [0, 0.1) is 11.6 Å². The summed E-state index contributed by atoms with van der Waals surface area (Å²) in [5.41, 5.74) is -0.723. The maximum Gasteiger partial charge on any atom is 0.338 e. The fourth-order valence-electron chi connectivity index (χ4n) is 2.23. The first-order valence-electron chi connectivity index (χ1n) is 7.39. The SMILES string of the molecule is CC(C)(C)OC(=O)C(O)C1OCCN(c2ccc(F)c(F)c2)C1=O. The monoisotopic (exact) mass is 343 g/mol. The minimum absolute atomic E-state index is 0.0231. The second-order valence-electron chi connectivity index (χ2n) is 6.36. The molecular weight excluding hydrogens is 324 g/mol. The Labute approximate surface area is 138 Å². The molecule has 1 heterocycles. The van der Waals surface area contributed by atoms with Gasteiger partial charge >= 0.3 is 5.97 Å². The van der Waals surface area contributed by atoms with Gasteiger partial charge in [0.2, 0.25) is 0 Å². The van der Waals surface area contributed by atoms with Gasteiger partial charge in [-0.3, -0.25) is 4.79 Å². The fourth-order valence-corrected chi connectivity index (χ4v) is 2.23. The molecule has 1 saturated heterocycles. The minimum atomic E-state index is -1.81. The number of anilines is 1. The number of esters is 1. The van der Waals surface area contributed by atoms with E-state index in [0.29, 0.717) is 0 Å². The Morgan fingerprint density at radius 2 is 2.04 bits per heavy atom. The lowest BCUT2D eigenvalue weighted by Crippen LogP contribution is -2.55. The molecule has 8 heteroatoms. The van der Waals surface area contributed by atoms with Crippen molar-refractivity contribution in [2.75, 3.05) is 18.1 Å². The maximum absolute atomic E-state index is 13.4. The summed E-state index contributed by atoms with van der Waals surface area (Å²) in [6.07, 6.45) is -3.29. The second-order valence-corrected chi connectivity index (χ2v) is 6.36. The largest absolute Gasteiger partial charge is 0.458 e. The number of amides is 1. The Morgan fingerprint density at radius 3 is 2.62 bits per heavy atom. The van der Waals surface area contributed by atoms with E-state index >= 15 is 0 Å². The highest BCUT2D eigenvalue weighted by atomic mass is 19.2. The van der Waals surface area contributed by atoms with Crippen LogP contribution in [0.3, 0.4) is 0 Å². The lowest BCUT2D eigenvalue weighted by atomic mass is 10.1. The number of hydrogen-bond acceptors (Lipinski definition) is 5. The predicted octanol–water partition coefficient (Wildman–Crippen LogP) is 1.40. The van der Waals surface area contributed by atoms with Crippen molar-refractivity contribution in [1.82, 2.24) is 0 Å². The van der Waals surface area contributed by atoms with Crippen LogP contribution in [-0.4, -0.2) is 47.9 Å². The number of rotatable bonds is 3. The minimum Gasteiger partial charge on any atom is -0.458 e. The summed E-state index contributed by atoms with van der Waals surface area (Å²) in [7, 11) is 0. The van der Waals surface area contributed by atoms with Gasteiger partial charge in [0.15, 0.2) is 23.8 Å². The third-order valence-electron chi connectivity index (χ3n) is 3.27. The number of nitrogens with zero attached hydrogens (tertiary/aromatic N) is 1. The second kappa shape index (κ2) is 6.82. The van der Waals surface area contributed by atoms with E-state index in [9.17, 15) is 23.5 Å². The first kappa shape index (κ1) is 18.3. The highest BCUT2D eigenvalue weighted by molar-refractivity contribution is 6.00. The fraction of sp³-hybridized carbons (Fsp3) is 0.500. The molecule has 1 fully saturated rings. The van der Waals surface area contributed by atoms with Crippen LogP contribution in [0.5, 0.6) is 0 Å². The van der Waals surface area contributed by atoms with Crippen LogP contribution < -0.4 is 4.90 Å². The number of aliphatic hydroxyl groups is 1. The average Bonchev–Trinajstić information content (AvgIpc) is 2.48. The molecule has 1 aromatic carbocycles. The number of morpholine rings is 1. The van der Waals surface area contributed by atoms with Crippen LogP contribution in [0.1, 0.15) is 20.8 Å². The van der Waals surface area contributed by atoms with E-state index in [0.717, 1.165) is 17.0 Å². The van der Waals surface area contributed by atoms with Crippen molar-refractivity contribution in [3.05, 3.63) is 29.8 Å². The van der Waals surface area contributed by atoms with Crippen LogP contribution in [0.25, 0.3) is 0 Å². The Balaban J connectivity index is 2.17. The zero-order chi connectivity index (χ0) is 18.1. The summed E-state index contributed by atoms with van der Waals surface area (Å²) in [6.45, 7) is 4.97. The van der Waals surface area contributed by atoms with Crippen molar-refractivity contribution in [3.63, 3.8) is 0 Å². The Kier molecular flexibility index (Phi) is 5.19. The zero-order valence-electron chi connectivity index (χ0n) is 13.6. The highest BCUT2D eigenvalue weighted by Crippen LogP contribution is 2.23. The smallest absolute Gasteiger partial charge is 0.338 e. The van der Waals surface area contributed by atoms with Gasteiger partial charge in [-0.05, 0) is 32.9 Å². The summed E-state index contributed by atoms with van der Waals surface area (Å²) in [5, 5.41) is 10.1. The van der Waals surface area contributed by atoms with E-state index < -0.39 is 41.3 Å². The van der Waals surface area contributed by atoms with E-state index in [-0.39, 0.29) is 18.8 Å². The van der Waals surface area contributed by atoms with Crippen LogP contribution in [0.2, 0.25) is 0 Å². The molecular formula is C16H19F2NO5. The summed E-state index contributed by atoms with van der Waals surface area (Å²) in [4.78, 5) is 25.5. The van der Waals surface area contributed by atoms with Crippen LogP contribution in [0.4, 0.5) is 14.5 Å². The van der Waals surface area contributed by atoms with E-state index in [1.54, 1.807) is 20.8 Å². The van der Waals surface area contributed by atoms with Crippen LogP contribution >= 0.6 is 0 Å². The summed E-state index contributed by atoms with van der Waals surface area (Å²) < 4.78 is 36.6. The van der Waals surface area contributed by atoms with Crippen molar-refractivity contribution in [1.29, 1.82) is 0 Å². The van der Waals surface area contributed by atoms with Crippen molar-refractivity contribution < 1.29 is 33.0 Å². The van der Waals surface area contributed by atoms with E-state index in [1.807, 2.05) is 0 Å². The van der Waals surface area contributed by atoms with Crippen molar-refractivity contribution in [3.8, 4) is 0 Å². The molecule has 132 valence electrons. The van der Waals surface area contributed by atoms with E-state index in [2.05, 4.69) is 0 Å². The molecule has 1 aromatic rings. The van der Waals surface area contributed by atoms with Gasteiger partial charge in [0, 0.05) is 18.3 Å². The molecule has 1 aliphatic heterocycles. The summed E-state index contributed by atoms with van der Waals surface area (Å²) >= 11 is 0. The molecule has 1 amide bonds. The lowest BCUT2D eigenvalue weighted by Gasteiger charge is -2.34. The Bertz CT molecular complexity index is 644. The normalized spacial score (nSPS) is 20.0. The molecule has 6 nitrogen and oxygen atoms in total. The Hall–Kier alpha value is -2.06. The molecule has 0 saturated carbocycles.